The Morgan fingerprint density at radius 2 is 1.80 bits per heavy atom. The number of rotatable bonds is 10. The monoisotopic (exact) mass is 402 g/mol. The van der Waals surface area contributed by atoms with Gasteiger partial charge in [0.25, 0.3) is 0 Å². The Morgan fingerprint density at radius 1 is 1.03 bits per heavy atom. The molecule has 0 spiro atoms. The molecule has 0 aromatic heterocycles. The molecular weight excluding hydrogens is 372 g/mol. The number of anilines is 1. The Hall–Kier alpha value is -2.85. The molecule has 0 radical (unpaired) electrons. The summed E-state index contributed by atoms with van der Waals surface area (Å²) < 4.78 is 5.76. The summed E-state index contributed by atoms with van der Waals surface area (Å²) in [7, 11) is 0. The van der Waals surface area contributed by atoms with Gasteiger partial charge < -0.3 is 10.1 Å². The highest BCUT2D eigenvalue weighted by atomic mass is 16.5. The molecule has 4 rings (SSSR count). The van der Waals surface area contributed by atoms with E-state index in [2.05, 4.69) is 59.6 Å². The van der Waals surface area contributed by atoms with Crippen LogP contribution in [-0.2, 0) is 11.3 Å². The second kappa shape index (κ2) is 9.77. The van der Waals surface area contributed by atoms with Crippen molar-refractivity contribution in [2.45, 2.75) is 45.2 Å². The van der Waals surface area contributed by atoms with Gasteiger partial charge >= 0.3 is 0 Å². The van der Waals surface area contributed by atoms with Crippen LogP contribution in [0.2, 0.25) is 0 Å². The number of carbonyl (C=O) groups excluding carboxylic acids is 1. The Morgan fingerprint density at radius 3 is 2.63 bits per heavy atom. The fourth-order valence-corrected chi connectivity index (χ4v) is 3.85. The first-order valence-electron chi connectivity index (χ1n) is 11.0. The molecule has 4 nitrogen and oxygen atoms in total. The molecule has 0 aliphatic heterocycles. The maximum absolute atomic E-state index is 12.7. The van der Waals surface area contributed by atoms with Crippen molar-refractivity contribution in [2.75, 3.05) is 18.5 Å². The van der Waals surface area contributed by atoms with Crippen LogP contribution in [-0.4, -0.2) is 30.0 Å². The van der Waals surface area contributed by atoms with E-state index in [-0.39, 0.29) is 5.91 Å². The predicted molar refractivity (Wildman–Crippen MR) is 123 cm³/mol. The third kappa shape index (κ3) is 5.19. The Balaban J connectivity index is 1.38. The molecule has 0 saturated heterocycles. The molecule has 3 aromatic carbocycles. The lowest BCUT2D eigenvalue weighted by Gasteiger charge is -2.23. The number of fused-ring (bicyclic) bond motifs is 1. The fraction of sp³-hybridized carbons (Fsp3) is 0.346. The van der Waals surface area contributed by atoms with Crippen LogP contribution >= 0.6 is 0 Å². The number of amides is 1. The van der Waals surface area contributed by atoms with E-state index >= 15 is 0 Å². The van der Waals surface area contributed by atoms with Crippen molar-refractivity contribution in [1.29, 1.82) is 0 Å². The van der Waals surface area contributed by atoms with Crippen molar-refractivity contribution >= 4 is 22.4 Å². The molecule has 1 aliphatic carbocycles. The summed E-state index contributed by atoms with van der Waals surface area (Å²) >= 11 is 0. The zero-order valence-electron chi connectivity index (χ0n) is 17.6. The van der Waals surface area contributed by atoms with Gasteiger partial charge in [0.05, 0.1) is 12.3 Å². The predicted octanol–water partition coefficient (Wildman–Crippen LogP) is 5.62. The summed E-state index contributed by atoms with van der Waals surface area (Å²) in [5.74, 6) is 0.772. The van der Waals surface area contributed by atoms with Crippen LogP contribution in [0.1, 0.15) is 38.2 Å². The third-order valence-electron chi connectivity index (χ3n) is 5.57. The van der Waals surface area contributed by atoms with Crippen LogP contribution in [0.15, 0.2) is 66.7 Å². The van der Waals surface area contributed by atoms with E-state index in [0.717, 1.165) is 30.9 Å². The lowest BCUT2D eigenvalue weighted by Crippen LogP contribution is -2.29. The largest absolute Gasteiger partial charge is 0.491 e. The number of nitrogens with one attached hydrogen (secondary N) is 1. The van der Waals surface area contributed by atoms with Gasteiger partial charge in [0.2, 0.25) is 5.91 Å². The van der Waals surface area contributed by atoms with Crippen LogP contribution in [0.3, 0.4) is 0 Å². The van der Waals surface area contributed by atoms with Crippen molar-refractivity contribution in [1.82, 2.24) is 4.90 Å². The zero-order valence-corrected chi connectivity index (χ0v) is 17.6. The van der Waals surface area contributed by atoms with Crippen LogP contribution in [0.5, 0.6) is 5.75 Å². The van der Waals surface area contributed by atoms with Crippen LogP contribution in [0.25, 0.3) is 10.8 Å². The highest BCUT2D eigenvalue weighted by Gasteiger charge is 2.29. The molecule has 1 saturated carbocycles. The smallest absolute Gasteiger partial charge is 0.225 e. The minimum atomic E-state index is 0.0334. The Bertz CT molecular complexity index is 992. The first-order chi connectivity index (χ1) is 14.7. The molecule has 1 aliphatic rings. The number of nitrogens with zero attached hydrogens (tertiary/aromatic N) is 1. The van der Waals surface area contributed by atoms with E-state index in [1.807, 2.05) is 24.3 Å². The van der Waals surface area contributed by atoms with Gasteiger partial charge in [0, 0.05) is 25.6 Å². The number of hydrogen-bond donors (Lipinski definition) is 1. The van der Waals surface area contributed by atoms with Crippen LogP contribution in [0.4, 0.5) is 5.69 Å². The molecule has 0 bridgehead atoms. The van der Waals surface area contributed by atoms with Gasteiger partial charge in [-0.1, -0.05) is 61.5 Å². The van der Waals surface area contributed by atoms with E-state index < -0.39 is 0 Å². The van der Waals surface area contributed by atoms with Gasteiger partial charge in [-0.25, -0.2) is 0 Å². The summed E-state index contributed by atoms with van der Waals surface area (Å²) in [6.07, 6.45) is 3.86. The molecule has 0 unspecified atom stereocenters. The van der Waals surface area contributed by atoms with Gasteiger partial charge in [0.1, 0.15) is 5.75 Å². The molecule has 1 N–H and O–H groups in total. The molecule has 0 atom stereocenters. The fourth-order valence-electron chi connectivity index (χ4n) is 3.85. The third-order valence-corrected chi connectivity index (χ3v) is 5.57. The lowest BCUT2D eigenvalue weighted by molar-refractivity contribution is -0.116. The first-order valence-corrected chi connectivity index (χ1v) is 11.0. The average Bonchev–Trinajstić information content (AvgIpc) is 3.61. The van der Waals surface area contributed by atoms with Gasteiger partial charge in [-0.2, -0.15) is 0 Å². The Kier molecular flexibility index (Phi) is 6.65. The van der Waals surface area contributed by atoms with E-state index in [1.54, 1.807) is 0 Å². The molecule has 0 heterocycles. The maximum atomic E-state index is 12.7. The number of benzene rings is 3. The number of carbonyl (C=O) groups is 1. The average molecular weight is 403 g/mol. The van der Waals surface area contributed by atoms with Gasteiger partial charge in [-0.05, 0) is 47.7 Å². The quantitative estimate of drug-likeness (QED) is 0.478. The minimum absolute atomic E-state index is 0.0334. The molecule has 156 valence electrons. The molecule has 1 amide bonds. The normalized spacial score (nSPS) is 13.5. The number of para-hydroxylation sites is 2. The minimum Gasteiger partial charge on any atom is -0.491 e. The molecular formula is C26H30N2O2. The van der Waals surface area contributed by atoms with Crippen molar-refractivity contribution in [3.8, 4) is 5.75 Å². The van der Waals surface area contributed by atoms with E-state index in [1.165, 1.54) is 29.2 Å². The van der Waals surface area contributed by atoms with Gasteiger partial charge in [-0.3, -0.25) is 9.69 Å². The Labute approximate surface area is 178 Å². The van der Waals surface area contributed by atoms with Crippen molar-refractivity contribution in [2.24, 2.45) is 0 Å². The topological polar surface area (TPSA) is 41.6 Å². The first kappa shape index (κ1) is 20.4. The summed E-state index contributed by atoms with van der Waals surface area (Å²) in [6, 6.07) is 23.3. The molecule has 1 fully saturated rings. The van der Waals surface area contributed by atoms with E-state index in [9.17, 15) is 4.79 Å². The van der Waals surface area contributed by atoms with E-state index in [4.69, 9.17) is 4.74 Å². The number of hydrogen-bond acceptors (Lipinski definition) is 3. The standard InChI is InChI=1S/C26H30N2O2/c1-2-18-30-25-13-6-5-12-24(25)27-26(29)16-17-28(22-14-15-22)19-21-10-7-9-20-8-3-4-11-23(20)21/h3-13,22H,2,14-19H2,1H3,(H,27,29). The highest BCUT2D eigenvalue weighted by molar-refractivity contribution is 5.92. The highest BCUT2D eigenvalue weighted by Crippen LogP contribution is 2.30. The van der Waals surface area contributed by atoms with Crippen LogP contribution in [0, 0.1) is 0 Å². The summed E-state index contributed by atoms with van der Waals surface area (Å²) in [5, 5.41) is 5.61. The molecule has 30 heavy (non-hydrogen) atoms. The molecule has 4 heteroatoms. The summed E-state index contributed by atoms with van der Waals surface area (Å²) in [6.45, 7) is 4.37. The molecule has 3 aromatic rings. The second-order valence-electron chi connectivity index (χ2n) is 7.98. The summed E-state index contributed by atoms with van der Waals surface area (Å²) in [5.41, 5.74) is 2.08. The van der Waals surface area contributed by atoms with Crippen LogP contribution < -0.4 is 10.1 Å². The number of ether oxygens (including phenoxy) is 1. The van der Waals surface area contributed by atoms with Gasteiger partial charge in [0.15, 0.2) is 0 Å². The maximum Gasteiger partial charge on any atom is 0.225 e. The van der Waals surface area contributed by atoms with Gasteiger partial charge in [-0.15, -0.1) is 0 Å². The van der Waals surface area contributed by atoms with Crippen molar-refractivity contribution in [3.05, 3.63) is 72.3 Å². The zero-order chi connectivity index (χ0) is 20.8. The van der Waals surface area contributed by atoms with Crippen molar-refractivity contribution in [3.63, 3.8) is 0 Å². The SMILES string of the molecule is CCCOc1ccccc1NC(=O)CCN(Cc1cccc2ccccc12)C1CC1. The van der Waals surface area contributed by atoms with Crippen molar-refractivity contribution < 1.29 is 9.53 Å². The summed E-state index contributed by atoms with van der Waals surface area (Å²) in [4.78, 5) is 15.1. The lowest BCUT2D eigenvalue weighted by atomic mass is 10.0. The second-order valence-corrected chi connectivity index (χ2v) is 7.98. The van der Waals surface area contributed by atoms with E-state index in [0.29, 0.717) is 19.1 Å².